The summed E-state index contributed by atoms with van der Waals surface area (Å²) in [6, 6.07) is 3.61. The van der Waals surface area contributed by atoms with Crippen molar-refractivity contribution in [1.82, 2.24) is 15.0 Å². The highest BCUT2D eigenvalue weighted by molar-refractivity contribution is 5.69. The zero-order valence-corrected chi connectivity index (χ0v) is 11.9. The van der Waals surface area contributed by atoms with E-state index in [0.717, 1.165) is 11.3 Å². The number of anilines is 1. The minimum Gasteiger partial charge on any atom is -0.453 e. The monoisotopic (exact) mass is 288 g/mol. The number of hydrogen-bond acceptors (Lipinski definition) is 6. The zero-order chi connectivity index (χ0) is 15.0. The largest absolute Gasteiger partial charge is 0.453 e. The molecule has 21 heavy (non-hydrogen) atoms. The summed E-state index contributed by atoms with van der Waals surface area (Å²) < 4.78 is 9.98. The minimum absolute atomic E-state index is 0.171. The summed E-state index contributed by atoms with van der Waals surface area (Å²) in [7, 11) is 1.37. The number of methoxy groups -OCH3 is 1. The summed E-state index contributed by atoms with van der Waals surface area (Å²) in [5.41, 5.74) is 8.92. The van der Waals surface area contributed by atoms with Crippen LogP contribution < -0.4 is 5.73 Å². The number of nitrogens with two attached hydrogens (primary N) is 1. The molecule has 0 aliphatic carbocycles. The van der Waals surface area contributed by atoms with Crippen LogP contribution in [0, 0.1) is 6.92 Å². The van der Waals surface area contributed by atoms with Gasteiger partial charge in [-0.1, -0.05) is 5.16 Å². The molecular weight excluding hydrogens is 272 g/mol. The summed E-state index contributed by atoms with van der Waals surface area (Å²) in [5, 5.41) is 4.05. The molecule has 0 atom stereocenters. The molecule has 0 radical (unpaired) electrons. The van der Waals surface area contributed by atoms with Crippen molar-refractivity contribution in [3.05, 3.63) is 29.6 Å². The Morgan fingerprint density at radius 3 is 2.90 bits per heavy atom. The van der Waals surface area contributed by atoms with Gasteiger partial charge in [-0.15, -0.1) is 0 Å². The van der Waals surface area contributed by atoms with Crippen LogP contribution in [-0.2, 0) is 4.74 Å². The predicted molar refractivity (Wildman–Crippen MR) is 75.6 cm³/mol. The van der Waals surface area contributed by atoms with Crippen LogP contribution in [0.5, 0.6) is 0 Å². The first-order valence-corrected chi connectivity index (χ1v) is 6.60. The van der Waals surface area contributed by atoms with Crippen molar-refractivity contribution in [3.8, 4) is 11.5 Å². The van der Waals surface area contributed by atoms with Crippen LogP contribution in [0.25, 0.3) is 11.5 Å². The van der Waals surface area contributed by atoms with Crippen LogP contribution in [0.4, 0.5) is 10.5 Å². The lowest BCUT2D eigenvalue weighted by atomic mass is 9.96. The Morgan fingerprint density at radius 1 is 1.48 bits per heavy atom. The molecule has 0 saturated carbocycles. The number of nitrogens with zero attached hydrogens (tertiary/aromatic N) is 3. The molecule has 7 nitrogen and oxygen atoms in total. The average molecular weight is 288 g/mol. The number of aryl methyl sites for hydroxylation is 1. The SMILES string of the molecule is COC(=O)N1CC(c2cc(-c3cc(N)c(C)cn3)on2)C1. The number of likely N-dealkylation sites (tertiary alicyclic amines) is 1. The second-order valence-electron chi connectivity index (χ2n) is 5.11. The third-order valence-electron chi connectivity index (χ3n) is 3.66. The number of carbonyl (C=O) groups is 1. The fourth-order valence-corrected chi connectivity index (χ4v) is 2.22. The third kappa shape index (κ3) is 2.42. The van der Waals surface area contributed by atoms with E-state index < -0.39 is 0 Å². The Balaban J connectivity index is 1.73. The normalized spacial score (nSPS) is 14.9. The maximum atomic E-state index is 11.3. The van der Waals surface area contributed by atoms with Gasteiger partial charge in [0.1, 0.15) is 5.69 Å². The van der Waals surface area contributed by atoms with Crippen LogP contribution in [0.15, 0.2) is 22.9 Å². The molecule has 0 aromatic carbocycles. The number of carbonyl (C=O) groups excluding carboxylic acids is 1. The number of nitrogen functional groups attached to an aromatic ring is 1. The third-order valence-corrected chi connectivity index (χ3v) is 3.66. The van der Waals surface area contributed by atoms with Gasteiger partial charge in [0.25, 0.3) is 0 Å². The van der Waals surface area contributed by atoms with Crippen molar-refractivity contribution in [2.75, 3.05) is 25.9 Å². The fraction of sp³-hybridized carbons (Fsp3) is 0.357. The summed E-state index contributed by atoms with van der Waals surface area (Å²) in [4.78, 5) is 17.2. The van der Waals surface area contributed by atoms with E-state index in [0.29, 0.717) is 30.2 Å². The molecule has 2 aromatic heterocycles. The molecule has 1 amide bonds. The Labute approximate surface area is 121 Å². The first-order valence-electron chi connectivity index (χ1n) is 6.60. The summed E-state index contributed by atoms with van der Waals surface area (Å²) in [5.74, 6) is 0.748. The molecule has 110 valence electrons. The van der Waals surface area contributed by atoms with E-state index in [-0.39, 0.29) is 12.0 Å². The second kappa shape index (κ2) is 5.08. The lowest BCUT2D eigenvalue weighted by Gasteiger charge is -2.36. The van der Waals surface area contributed by atoms with Crippen molar-refractivity contribution in [1.29, 1.82) is 0 Å². The van der Waals surface area contributed by atoms with Gasteiger partial charge in [-0.2, -0.15) is 0 Å². The maximum Gasteiger partial charge on any atom is 0.409 e. The topological polar surface area (TPSA) is 94.5 Å². The molecule has 1 fully saturated rings. The molecule has 2 aromatic rings. The van der Waals surface area contributed by atoms with E-state index in [1.54, 1.807) is 17.2 Å². The van der Waals surface area contributed by atoms with E-state index >= 15 is 0 Å². The molecule has 1 aliphatic heterocycles. The Kier molecular flexibility index (Phi) is 3.25. The highest BCUT2D eigenvalue weighted by Crippen LogP contribution is 2.30. The number of rotatable bonds is 2. The van der Waals surface area contributed by atoms with Crippen LogP contribution in [0.1, 0.15) is 17.2 Å². The lowest BCUT2D eigenvalue weighted by molar-refractivity contribution is 0.0865. The quantitative estimate of drug-likeness (QED) is 0.905. The molecule has 3 heterocycles. The van der Waals surface area contributed by atoms with Gasteiger partial charge in [-0.3, -0.25) is 4.98 Å². The van der Waals surface area contributed by atoms with Gasteiger partial charge >= 0.3 is 6.09 Å². The Bertz CT molecular complexity index is 677. The van der Waals surface area contributed by atoms with Crippen molar-refractivity contribution < 1.29 is 14.1 Å². The first kappa shape index (κ1) is 13.4. The number of aromatic nitrogens is 2. The van der Waals surface area contributed by atoms with Gasteiger partial charge in [-0.25, -0.2) is 4.79 Å². The van der Waals surface area contributed by atoms with Gasteiger partial charge in [0.15, 0.2) is 5.76 Å². The molecular formula is C14H16N4O3. The molecule has 0 bridgehead atoms. The second-order valence-corrected chi connectivity index (χ2v) is 5.11. The highest BCUT2D eigenvalue weighted by atomic mass is 16.5. The smallest absolute Gasteiger partial charge is 0.409 e. The maximum absolute atomic E-state index is 11.3. The number of ether oxygens (including phenoxy) is 1. The van der Waals surface area contributed by atoms with Gasteiger partial charge in [0.2, 0.25) is 0 Å². The number of hydrogen-bond donors (Lipinski definition) is 1. The Morgan fingerprint density at radius 2 is 2.24 bits per heavy atom. The zero-order valence-electron chi connectivity index (χ0n) is 11.9. The van der Waals surface area contributed by atoms with Crippen LogP contribution >= 0.6 is 0 Å². The highest BCUT2D eigenvalue weighted by Gasteiger charge is 2.34. The van der Waals surface area contributed by atoms with E-state index in [4.69, 9.17) is 10.3 Å². The Hall–Kier alpha value is -2.57. The predicted octanol–water partition coefficient (Wildman–Crippen LogP) is 1.79. The van der Waals surface area contributed by atoms with Gasteiger partial charge < -0.3 is 19.9 Å². The van der Waals surface area contributed by atoms with Crippen molar-refractivity contribution in [3.63, 3.8) is 0 Å². The van der Waals surface area contributed by atoms with Gasteiger partial charge in [0.05, 0.1) is 12.8 Å². The molecule has 0 unspecified atom stereocenters. The molecule has 0 spiro atoms. The van der Waals surface area contributed by atoms with Gasteiger partial charge in [-0.05, 0) is 18.6 Å². The van der Waals surface area contributed by atoms with Crippen molar-refractivity contribution in [2.45, 2.75) is 12.8 Å². The molecule has 1 saturated heterocycles. The van der Waals surface area contributed by atoms with E-state index in [2.05, 4.69) is 14.9 Å². The number of amides is 1. The summed E-state index contributed by atoms with van der Waals surface area (Å²) >= 11 is 0. The van der Waals surface area contributed by atoms with Crippen LogP contribution in [-0.4, -0.2) is 41.3 Å². The standard InChI is InChI=1S/C14H16N4O3/c1-8-5-16-12(3-10(8)15)13-4-11(17-21-13)9-6-18(7-9)14(19)20-2/h3-5,9H,6-7H2,1-2H3,(H2,15,16). The average Bonchev–Trinajstić information content (AvgIpc) is 2.89. The van der Waals surface area contributed by atoms with Gasteiger partial charge in [0, 0.05) is 37.0 Å². The molecule has 7 heteroatoms. The molecule has 2 N–H and O–H groups in total. The first-order chi connectivity index (χ1) is 10.1. The molecule has 1 aliphatic rings. The van der Waals surface area contributed by atoms with E-state index in [1.807, 2.05) is 13.0 Å². The minimum atomic E-state index is -0.317. The van der Waals surface area contributed by atoms with E-state index in [1.165, 1.54) is 7.11 Å². The van der Waals surface area contributed by atoms with Crippen LogP contribution in [0.3, 0.4) is 0 Å². The van der Waals surface area contributed by atoms with Crippen LogP contribution in [0.2, 0.25) is 0 Å². The van der Waals surface area contributed by atoms with E-state index in [9.17, 15) is 4.79 Å². The fourth-order valence-electron chi connectivity index (χ4n) is 2.22. The van der Waals surface area contributed by atoms with Crippen molar-refractivity contribution >= 4 is 11.8 Å². The van der Waals surface area contributed by atoms with Crippen molar-refractivity contribution in [2.24, 2.45) is 0 Å². The molecule has 3 rings (SSSR count). The summed E-state index contributed by atoms with van der Waals surface area (Å²) in [6.07, 6.45) is 1.39. The lowest BCUT2D eigenvalue weighted by Crippen LogP contribution is -2.48. The number of pyridine rings is 1. The summed E-state index contributed by atoms with van der Waals surface area (Å²) in [6.45, 7) is 3.07.